The summed E-state index contributed by atoms with van der Waals surface area (Å²) >= 11 is 1.04. The molecule has 0 radical (unpaired) electrons. The highest BCUT2D eigenvalue weighted by Crippen LogP contribution is 2.23. The smallest absolute Gasteiger partial charge is 0.350 e. The molecule has 8 nitrogen and oxygen atoms in total. The minimum absolute atomic E-state index is 0.122. The topological polar surface area (TPSA) is 99.0 Å². The molecule has 0 bridgehead atoms. The van der Waals surface area contributed by atoms with Gasteiger partial charge in [-0.05, 0) is 6.92 Å². The molecular weight excluding hydrogens is 294 g/mol. The van der Waals surface area contributed by atoms with Gasteiger partial charge in [0.25, 0.3) is 5.91 Å². The van der Waals surface area contributed by atoms with E-state index in [4.69, 9.17) is 4.74 Å². The highest BCUT2D eigenvalue weighted by molar-refractivity contribution is 7.17. The SMILES string of the molecule is C=CCOC(=O)c1sc(NC(=O)c2cn(C)nn2)nc1C. The van der Waals surface area contributed by atoms with E-state index in [1.165, 1.54) is 17.0 Å². The van der Waals surface area contributed by atoms with Gasteiger partial charge < -0.3 is 4.74 Å². The van der Waals surface area contributed by atoms with Crippen LogP contribution in [-0.4, -0.2) is 38.5 Å². The van der Waals surface area contributed by atoms with Crippen molar-refractivity contribution in [2.45, 2.75) is 6.92 Å². The second-order valence-electron chi connectivity index (χ2n) is 4.05. The predicted octanol–water partition coefficient (Wildman–Crippen LogP) is 1.18. The zero-order valence-corrected chi connectivity index (χ0v) is 12.3. The van der Waals surface area contributed by atoms with Crippen LogP contribution in [-0.2, 0) is 11.8 Å². The number of carbonyl (C=O) groups is 2. The molecule has 0 saturated carbocycles. The van der Waals surface area contributed by atoms with Gasteiger partial charge in [-0.25, -0.2) is 9.78 Å². The summed E-state index contributed by atoms with van der Waals surface area (Å²) in [5, 5.41) is 10.2. The molecule has 0 aliphatic carbocycles. The first-order valence-corrected chi connectivity index (χ1v) is 6.76. The van der Waals surface area contributed by atoms with E-state index in [9.17, 15) is 9.59 Å². The molecule has 0 unspecified atom stereocenters. The van der Waals surface area contributed by atoms with Gasteiger partial charge in [-0.1, -0.05) is 29.2 Å². The molecule has 1 N–H and O–H groups in total. The van der Waals surface area contributed by atoms with Crippen molar-refractivity contribution in [3.8, 4) is 0 Å². The fourth-order valence-electron chi connectivity index (χ4n) is 1.45. The van der Waals surface area contributed by atoms with Gasteiger partial charge >= 0.3 is 5.97 Å². The molecule has 0 fully saturated rings. The van der Waals surface area contributed by atoms with Crippen molar-refractivity contribution < 1.29 is 14.3 Å². The van der Waals surface area contributed by atoms with Crippen LogP contribution in [0.5, 0.6) is 0 Å². The van der Waals surface area contributed by atoms with Gasteiger partial charge in [0.15, 0.2) is 10.8 Å². The number of esters is 1. The number of nitrogens with zero attached hydrogens (tertiary/aromatic N) is 4. The van der Waals surface area contributed by atoms with Gasteiger partial charge in [0, 0.05) is 7.05 Å². The van der Waals surface area contributed by atoms with Crippen LogP contribution in [0.25, 0.3) is 0 Å². The molecule has 0 aliphatic rings. The van der Waals surface area contributed by atoms with E-state index in [-0.39, 0.29) is 12.3 Å². The first-order chi connectivity index (χ1) is 10.0. The number of hydrogen-bond acceptors (Lipinski definition) is 7. The maximum absolute atomic E-state index is 11.9. The average Bonchev–Trinajstić information content (AvgIpc) is 3.02. The third-order valence-corrected chi connectivity index (χ3v) is 3.42. The van der Waals surface area contributed by atoms with Crippen molar-refractivity contribution >= 4 is 28.3 Å². The lowest BCUT2D eigenvalue weighted by atomic mass is 10.4. The Bertz CT molecular complexity index is 691. The third-order valence-electron chi connectivity index (χ3n) is 2.37. The number of rotatable bonds is 5. The summed E-state index contributed by atoms with van der Waals surface area (Å²) in [5.74, 6) is -0.937. The summed E-state index contributed by atoms with van der Waals surface area (Å²) in [4.78, 5) is 28.1. The van der Waals surface area contributed by atoms with Crippen molar-refractivity contribution in [3.05, 3.63) is 35.1 Å². The largest absolute Gasteiger partial charge is 0.457 e. The van der Waals surface area contributed by atoms with Crippen LogP contribution in [0.4, 0.5) is 5.13 Å². The summed E-state index contributed by atoms with van der Waals surface area (Å²) in [5.41, 5.74) is 0.657. The van der Waals surface area contributed by atoms with E-state index in [0.29, 0.717) is 15.7 Å². The van der Waals surface area contributed by atoms with Gasteiger partial charge in [0.2, 0.25) is 0 Å². The Kier molecular flexibility index (Phi) is 4.43. The van der Waals surface area contributed by atoms with Crippen LogP contribution in [0.15, 0.2) is 18.9 Å². The number of ether oxygens (including phenoxy) is 1. The van der Waals surface area contributed by atoms with Crippen LogP contribution in [0.2, 0.25) is 0 Å². The van der Waals surface area contributed by atoms with Crippen molar-refractivity contribution in [2.75, 3.05) is 11.9 Å². The van der Waals surface area contributed by atoms with Crippen LogP contribution >= 0.6 is 11.3 Å². The molecule has 0 atom stereocenters. The monoisotopic (exact) mass is 307 g/mol. The quantitative estimate of drug-likeness (QED) is 0.657. The lowest BCUT2D eigenvalue weighted by molar-refractivity contribution is 0.0554. The first-order valence-electron chi connectivity index (χ1n) is 5.94. The molecule has 0 aromatic carbocycles. The summed E-state index contributed by atoms with van der Waals surface area (Å²) in [6.45, 7) is 5.26. The molecule has 2 heterocycles. The minimum atomic E-state index is -0.495. The number of thiazole rings is 1. The van der Waals surface area contributed by atoms with Crippen molar-refractivity contribution in [1.29, 1.82) is 0 Å². The minimum Gasteiger partial charge on any atom is -0.457 e. The van der Waals surface area contributed by atoms with Gasteiger partial charge in [-0.2, -0.15) is 0 Å². The Morgan fingerprint density at radius 3 is 2.95 bits per heavy atom. The Morgan fingerprint density at radius 1 is 1.57 bits per heavy atom. The second kappa shape index (κ2) is 6.27. The third kappa shape index (κ3) is 3.51. The number of nitrogens with one attached hydrogen (secondary N) is 1. The maximum Gasteiger partial charge on any atom is 0.350 e. The van der Waals surface area contributed by atoms with Gasteiger partial charge in [-0.3, -0.25) is 14.8 Å². The normalized spacial score (nSPS) is 10.2. The summed E-state index contributed by atoms with van der Waals surface area (Å²) < 4.78 is 6.36. The fraction of sp³-hybridized carbons (Fsp3) is 0.250. The number of aryl methyl sites for hydroxylation is 2. The summed E-state index contributed by atoms with van der Waals surface area (Å²) in [7, 11) is 1.66. The number of hydrogen-bond donors (Lipinski definition) is 1. The molecule has 2 aromatic rings. The van der Waals surface area contributed by atoms with E-state index in [1.807, 2.05) is 0 Å². The highest BCUT2D eigenvalue weighted by Gasteiger charge is 2.19. The van der Waals surface area contributed by atoms with Crippen molar-refractivity contribution in [1.82, 2.24) is 20.0 Å². The molecular formula is C12H13N5O3S. The number of anilines is 1. The fourth-order valence-corrected chi connectivity index (χ4v) is 2.31. The maximum atomic E-state index is 11.9. The molecule has 1 amide bonds. The average molecular weight is 307 g/mol. The van der Waals surface area contributed by atoms with E-state index in [2.05, 4.69) is 27.2 Å². The Hall–Kier alpha value is -2.55. The highest BCUT2D eigenvalue weighted by atomic mass is 32.1. The summed E-state index contributed by atoms with van der Waals surface area (Å²) in [6.07, 6.45) is 2.96. The van der Waals surface area contributed by atoms with Gasteiger partial charge in [0.05, 0.1) is 11.9 Å². The first kappa shape index (κ1) is 14.9. The van der Waals surface area contributed by atoms with Gasteiger partial charge in [-0.15, -0.1) is 5.10 Å². The standard InChI is InChI=1S/C12H13N5O3S/c1-4-5-20-11(19)9-7(2)13-12(21-9)14-10(18)8-6-17(3)16-15-8/h4,6H,1,5H2,2-3H3,(H,13,14,18). The van der Waals surface area contributed by atoms with E-state index in [1.54, 1.807) is 14.0 Å². The number of carbonyl (C=O) groups excluding carboxylic acids is 2. The Morgan fingerprint density at radius 2 is 2.33 bits per heavy atom. The van der Waals surface area contributed by atoms with E-state index in [0.717, 1.165) is 11.3 Å². The van der Waals surface area contributed by atoms with Crippen LogP contribution in [0, 0.1) is 6.92 Å². The Labute approximate surface area is 124 Å². The predicted molar refractivity (Wildman–Crippen MR) is 76.3 cm³/mol. The van der Waals surface area contributed by atoms with E-state index >= 15 is 0 Å². The van der Waals surface area contributed by atoms with Gasteiger partial charge in [0.1, 0.15) is 11.5 Å². The number of aromatic nitrogens is 4. The molecule has 0 saturated heterocycles. The zero-order chi connectivity index (χ0) is 15.4. The molecule has 110 valence electrons. The zero-order valence-electron chi connectivity index (χ0n) is 11.5. The molecule has 2 aromatic heterocycles. The second-order valence-corrected chi connectivity index (χ2v) is 5.05. The lowest BCUT2D eigenvalue weighted by Gasteiger charge is -1.98. The Balaban J connectivity index is 2.10. The summed E-state index contributed by atoms with van der Waals surface area (Å²) in [6, 6.07) is 0. The van der Waals surface area contributed by atoms with Crippen LogP contribution in [0.3, 0.4) is 0 Å². The van der Waals surface area contributed by atoms with Crippen LogP contribution in [0.1, 0.15) is 25.9 Å². The molecule has 9 heteroatoms. The molecule has 0 spiro atoms. The molecule has 0 aliphatic heterocycles. The van der Waals surface area contributed by atoms with E-state index < -0.39 is 11.9 Å². The van der Waals surface area contributed by atoms with Crippen molar-refractivity contribution in [3.63, 3.8) is 0 Å². The number of amides is 1. The van der Waals surface area contributed by atoms with Crippen molar-refractivity contribution in [2.24, 2.45) is 7.05 Å². The van der Waals surface area contributed by atoms with Crippen LogP contribution < -0.4 is 5.32 Å². The lowest BCUT2D eigenvalue weighted by Crippen LogP contribution is -2.12. The molecule has 2 rings (SSSR count). The molecule has 21 heavy (non-hydrogen) atoms.